The highest BCUT2D eigenvalue weighted by Gasteiger charge is 2.31. The Morgan fingerprint density at radius 3 is 2.32 bits per heavy atom. The molecule has 2 aromatic carbocycles. The smallest absolute Gasteiger partial charge is 0.254 e. The zero-order chi connectivity index (χ0) is 22.3. The van der Waals surface area contributed by atoms with Crippen LogP contribution in [0.25, 0.3) is 10.9 Å². The molecule has 1 fully saturated rings. The molecule has 0 bridgehead atoms. The summed E-state index contributed by atoms with van der Waals surface area (Å²) < 4.78 is 53.4. The van der Waals surface area contributed by atoms with Gasteiger partial charge in [-0.3, -0.25) is 9.78 Å². The highest BCUT2D eigenvalue weighted by Crippen LogP contribution is 2.24. The number of halogens is 2. The van der Waals surface area contributed by atoms with Gasteiger partial charge in [-0.2, -0.15) is 4.31 Å². The van der Waals surface area contributed by atoms with Crippen LogP contribution in [-0.4, -0.2) is 54.7 Å². The number of hydrogen-bond donors (Lipinski definition) is 0. The number of pyridine rings is 1. The van der Waals surface area contributed by atoms with Gasteiger partial charge in [0.2, 0.25) is 10.0 Å². The van der Waals surface area contributed by atoms with Gasteiger partial charge >= 0.3 is 0 Å². The van der Waals surface area contributed by atoms with Gasteiger partial charge in [0.15, 0.2) is 11.6 Å². The number of carbonyl (C=O) groups is 1. The predicted molar refractivity (Wildman–Crippen MR) is 112 cm³/mol. The molecule has 1 aromatic heterocycles. The zero-order valence-electron chi connectivity index (χ0n) is 17.1. The van der Waals surface area contributed by atoms with Crippen molar-refractivity contribution in [2.45, 2.75) is 18.7 Å². The number of aryl methyl sites for hydroxylation is 2. The van der Waals surface area contributed by atoms with Gasteiger partial charge in [0.25, 0.3) is 5.91 Å². The molecule has 0 unspecified atom stereocenters. The van der Waals surface area contributed by atoms with E-state index in [1.807, 2.05) is 32.0 Å². The monoisotopic (exact) mass is 445 g/mol. The van der Waals surface area contributed by atoms with Crippen LogP contribution < -0.4 is 0 Å². The highest BCUT2D eigenvalue weighted by atomic mass is 32.2. The number of piperazine rings is 1. The summed E-state index contributed by atoms with van der Waals surface area (Å²) in [6.07, 6.45) is 0. The third kappa shape index (κ3) is 4.03. The van der Waals surface area contributed by atoms with E-state index < -0.39 is 21.7 Å². The lowest BCUT2D eigenvalue weighted by atomic mass is 10.0. The third-order valence-corrected chi connectivity index (χ3v) is 7.27. The van der Waals surface area contributed by atoms with Gasteiger partial charge in [0.05, 0.1) is 16.0 Å². The minimum Gasteiger partial charge on any atom is -0.336 e. The normalized spacial score (nSPS) is 15.4. The molecule has 2 heterocycles. The second kappa shape index (κ2) is 7.97. The fraction of sp³-hybridized carbons (Fsp3) is 0.273. The van der Waals surface area contributed by atoms with E-state index in [9.17, 15) is 22.0 Å². The largest absolute Gasteiger partial charge is 0.336 e. The first-order chi connectivity index (χ1) is 14.7. The van der Waals surface area contributed by atoms with E-state index in [2.05, 4.69) is 4.98 Å². The number of benzene rings is 2. The maximum Gasteiger partial charge on any atom is 0.254 e. The van der Waals surface area contributed by atoms with Crippen molar-refractivity contribution >= 4 is 26.8 Å². The highest BCUT2D eigenvalue weighted by molar-refractivity contribution is 7.89. The number of fused-ring (bicyclic) bond motifs is 1. The van der Waals surface area contributed by atoms with Gasteiger partial charge in [-0.1, -0.05) is 11.6 Å². The Labute approximate surface area is 179 Å². The number of aromatic nitrogens is 1. The van der Waals surface area contributed by atoms with Crippen LogP contribution in [0.3, 0.4) is 0 Å². The van der Waals surface area contributed by atoms with Crippen molar-refractivity contribution in [1.82, 2.24) is 14.2 Å². The molecule has 0 spiro atoms. The number of hydrogen-bond acceptors (Lipinski definition) is 4. The molecular formula is C22H21F2N3O3S. The molecule has 9 heteroatoms. The molecule has 3 aromatic rings. The lowest BCUT2D eigenvalue weighted by molar-refractivity contribution is 0.0699. The Hall–Kier alpha value is -2.91. The van der Waals surface area contributed by atoms with Crippen LogP contribution >= 0.6 is 0 Å². The first-order valence-corrected chi connectivity index (χ1v) is 11.2. The van der Waals surface area contributed by atoms with Crippen LogP contribution in [0.2, 0.25) is 0 Å². The van der Waals surface area contributed by atoms with Crippen LogP contribution in [0.4, 0.5) is 8.78 Å². The SMILES string of the molecule is Cc1ccc2nc(C)cc(C(=O)N3CCN(S(=O)(=O)c4ccc(F)c(F)c4)CC3)c2c1. The molecule has 1 saturated heterocycles. The van der Waals surface area contributed by atoms with Crippen LogP contribution in [-0.2, 0) is 10.0 Å². The summed E-state index contributed by atoms with van der Waals surface area (Å²) in [5.41, 5.74) is 2.99. The van der Waals surface area contributed by atoms with E-state index in [-0.39, 0.29) is 37.0 Å². The average Bonchev–Trinajstić information content (AvgIpc) is 2.75. The van der Waals surface area contributed by atoms with Crippen molar-refractivity contribution < 1.29 is 22.0 Å². The fourth-order valence-electron chi connectivity index (χ4n) is 3.74. The van der Waals surface area contributed by atoms with E-state index in [0.29, 0.717) is 11.6 Å². The zero-order valence-corrected chi connectivity index (χ0v) is 17.9. The van der Waals surface area contributed by atoms with Gasteiger partial charge < -0.3 is 4.90 Å². The van der Waals surface area contributed by atoms with Gasteiger partial charge in [0.1, 0.15) is 0 Å². The van der Waals surface area contributed by atoms with Crippen molar-refractivity contribution in [1.29, 1.82) is 0 Å². The quantitative estimate of drug-likeness (QED) is 0.621. The van der Waals surface area contributed by atoms with Crippen molar-refractivity contribution in [2.75, 3.05) is 26.2 Å². The Morgan fingerprint density at radius 2 is 1.65 bits per heavy atom. The van der Waals surface area contributed by atoms with E-state index in [1.165, 1.54) is 4.31 Å². The summed E-state index contributed by atoms with van der Waals surface area (Å²) in [5.74, 6) is -2.51. The van der Waals surface area contributed by atoms with Gasteiger partial charge in [-0.15, -0.1) is 0 Å². The predicted octanol–water partition coefficient (Wildman–Crippen LogP) is 3.28. The Morgan fingerprint density at radius 1 is 0.935 bits per heavy atom. The minimum absolute atomic E-state index is 0.0636. The molecule has 1 amide bonds. The van der Waals surface area contributed by atoms with E-state index in [0.717, 1.165) is 34.3 Å². The molecule has 0 radical (unpaired) electrons. The minimum atomic E-state index is -3.98. The summed E-state index contributed by atoms with van der Waals surface area (Å²) in [6, 6.07) is 9.98. The number of nitrogens with zero attached hydrogens (tertiary/aromatic N) is 3. The van der Waals surface area contributed by atoms with E-state index >= 15 is 0 Å². The number of sulfonamides is 1. The van der Waals surface area contributed by atoms with Crippen LogP contribution in [0.5, 0.6) is 0 Å². The molecule has 1 aliphatic rings. The molecule has 162 valence electrons. The van der Waals surface area contributed by atoms with Gasteiger partial charge in [-0.05, 0) is 50.2 Å². The first kappa shape index (κ1) is 21.3. The summed E-state index contributed by atoms with van der Waals surface area (Å²) in [6.45, 7) is 4.27. The topological polar surface area (TPSA) is 70.6 Å². The number of rotatable bonds is 3. The number of amides is 1. The molecule has 0 N–H and O–H groups in total. The average molecular weight is 445 g/mol. The summed E-state index contributed by atoms with van der Waals surface area (Å²) in [4.78, 5) is 19.0. The molecule has 0 saturated carbocycles. The molecule has 1 aliphatic heterocycles. The second-order valence-electron chi connectivity index (χ2n) is 7.60. The van der Waals surface area contributed by atoms with Crippen molar-refractivity contribution in [3.05, 3.63) is 70.9 Å². The molecule has 6 nitrogen and oxygen atoms in total. The van der Waals surface area contributed by atoms with Crippen molar-refractivity contribution in [3.8, 4) is 0 Å². The summed E-state index contributed by atoms with van der Waals surface area (Å²) in [7, 11) is -3.98. The Bertz CT molecular complexity index is 1290. The van der Waals surface area contributed by atoms with E-state index in [1.54, 1.807) is 11.0 Å². The Balaban J connectivity index is 1.55. The molecule has 31 heavy (non-hydrogen) atoms. The van der Waals surface area contributed by atoms with Crippen LogP contribution in [0.1, 0.15) is 21.6 Å². The van der Waals surface area contributed by atoms with Gasteiger partial charge in [-0.25, -0.2) is 17.2 Å². The molecule has 4 rings (SSSR count). The summed E-state index contributed by atoms with van der Waals surface area (Å²) in [5, 5.41) is 0.757. The van der Waals surface area contributed by atoms with Gasteiger partial charge in [0, 0.05) is 37.3 Å². The Kier molecular flexibility index (Phi) is 5.49. The van der Waals surface area contributed by atoms with Crippen LogP contribution in [0.15, 0.2) is 47.4 Å². The molecular weight excluding hydrogens is 424 g/mol. The summed E-state index contributed by atoms with van der Waals surface area (Å²) >= 11 is 0. The maximum absolute atomic E-state index is 13.5. The lowest BCUT2D eigenvalue weighted by Crippen LogP contribution is -2.50. The van der Waals surface area contributed by atoms with Crippen molar-refractivity contribution in [3.63, 3.8) is 0 Å². The third-order valence-electron chi connectivity index (χ3n) is 5.38. The van der Waals surface area contributed by atoms with E-state index in [4.69, 9.17) is 0 Å². The molecule has 0 aliphatic carbocycles. The lowest BCUT2D eigenvalue weighted by Gasteiger charge is -2.34. The second-order valence-corrected chi connectivity index (χ2v) is 9.54. The molecule has 0 atom stereocenters. The number of carbonyl (C=O) groups excluding carboxylic acids is 1. The standard InChI is InChI=1S/C22H21F2N3O3S/c1-14-3-6-21-17(11-14)18(12-15(2)25-21)22(28)26-7-9-27(10-8-26)31(29,30)16-4-5-19(23)20(24)13-16/h3-6,11-13H,7-10H2,1-2H3. The van der Waals surface area contributed by atoms with Crippen molar-refractivity contribution in [2.24, 2.45) is 0 Å². The van der Waals surface area contributed by atoms with Crippen LogP contribution in [0, 0.1) is 25.5 Å². The maximum atomic E-state index is 13.5. The fourth-order valence-corrected chi connectivity index (χ4v) is 5.17. The first-order valence-electron chi connectivity index (χ1n) is 9.79.